The van der Waals surface area contributed by atoms with Gasteiger partial charge in [-0.05, 0) is 6.92 Å². The van der Waals surface area contributed by atoms with Crippen LogP contribution in [0.1, 0.15) is 6.92 Å². The summed E-state index contributed by atoms with van der Waals surface area (Å²) in [4.78, 5) is 22.6. The van der Waals surface area contributed by atoms with E-state index in [-0.39, 0.29) is 24.4 Å². The Kier molecular flexibility index (Phi) is 5.49. The van der Waals surface area contributed by atoms with Crippen LogP contribution in [0.2, 0.25) is 0 Å². The number of hydrogen-bond donors (Lipinski definition) is 3. The maximum Gasteiger partial charge on any atom is 0.239 e. The third-order valence-corrected chi connectivity index (χ3v) is 3.10. The van der Waals surface area contributed by atoms with Crippen molar-refractivity contribution in [3.63, 3.8) is 0 Å². The number of likely N-dealkylation sites (N-methyl/N-ethyl adjacent to an activating group) is 1. The lowest BCUT2D eigenvalue weighted by atomic mass is 10.3. The Hall–Kier alpha value is -0.750. The van der Waals surface area contributed by atoms with E-state index in [0.717, 1.165) is 18.1 Å². The molecule has 3 N–H and O–H groups in total. The van der Waals surface area contributed by atoms with Crippen molar-refractivity contribution in [1.82, 2.24) is 16.0 Å². The van der Waals surface area contributed by atoms with Gasteiger partial charge in [0.2, 0.25) is 11.8 Å². The molecule has 1 aliphatic heterocycles. The molecule has 1 unspecified atom stereocenters. The molecule has 0 aromatic carbocycles. The highest BCUT2D eigenvalue weighted by Gasteiger charge is 2.20. The van der Waals surface area contributed by atoms with Crippen LogP contribution < -0.4 is 16.0 Å². The van der Waals surface area contributed by atoms with Gasteiger partial charge in [0, 0.05) is 24.6 Å². The van der Waals surface area contributed by atoms with Gasteiger partial charge in [0.15, 0.2) is 0 Å². The molecule has 1 atom stereocenters. The molecular formula is C9H17N3O2S. The molecule has 86 valence electrons. The van der Waals surface area contributed by atoms with Crippen LogP contribution in [0.5, 0.6) is 0 Å². The van der Waals surface area contributed by atoms with Gasteiger partial charge in [-0.15, -0.1) is 0 Å². The van der Waals surface area contributed by atoms with E-state index < -0.39 is 0 Å². The summed E-state index contributed by atoms with van der Waals surface area (Å²) in [7, 11) is 0. The molecule has 1 saturated heterocycles. The highest BCUT2D eigenvalue weighted by atomic mass is 32.2. The van der Waals surface area contributed by atoms with Crippen LogP contribution in [-0.4, -0.2) is 49.0 Å². The second kappa shape index (κ2) is 6.68. The Balaban J connectivity index is 2.19. The molecule has 1 rings (SSSR count). The lowest BCUT2D eigenvalue weighted by Crippen LogP contribution is -2.50. The molecule has 0 aromatic rings. The average molecular weight is 231 g/mol. The predicted octanol–water partition coefficient (Wildman–Crippen LogP) is -1.06. The minimum absolute atomic E-state index is 0.0650. The smallest absolute Gasteiger partial charge is 0.239 e. The molecule has 6 heteroatoms. The van der Waals surface area contributed by atoms with E-state index in [9.17, 15) is 9.59 Å². The zero-order valence-electron chi connectivity index (χ0n) is 8.84. The molecule has 15 heavy (non-hydrogen) atoms. The Labute approximate surface area is 93.7 Å². The van der Waals surface area contributed by atoms with Crippen LogP contribution in [0.4, 0.5) is 0 Å². The monoisotopic (exact) mass is 231 g/mol. The molecule has 1 heterocycles. The number of nitrogens with one attached hydrogen (secondary N) is 3. The number of amides is 2. The van der Waals surface area contributed by atoms with E-state index in [2.05, 4.69) is 16.0 Å². The Bertz CT molecular complexity index is 229. The molecule has 0 spiro atoms. The minimum atomic E-state index is -0.154. The van der Waals surface area contributed by atoms with Crippen molar-refractivity contribution in [1.29, 1.82) is 0 Å². The van der Waals surface area contributed by atoms with E-state index in [1.165, 1.54) is 0 Å². The first kappa shape index (κ1) is 12.3. The highest BCUT2D eigenvalue weighted by molar-refractivity contribution is 7.99. The molecule has 0 aromatic heterocycles. The second-order valence-corrected chi connectivity index (χ2v) is 4.40. The minimum Gasteiger partial charge on any atom is -0.355 e. The predicted molar refractivity (Wildman–Crippen MR) is 60.8 cm³/mol. The third-order valence-electron chi connectivity index (χ3n) is 2.04. The maximum atomic E-state index is 11.5. The van der Waals surface area contributed by atoms with E-state index in [4.69, 9.17) is 0 Å². The van der Waals surface area contributed by atoms with Crippen LogP contribution in [0, 0.1) is 0 Å². The molecule has 0 saturated carbocycles. The second-order valence-electron chi connectivity index (χ2n) is 3.25. The van der Waals surface area contributed by atoms with Crippen molar-refractivity contribution in [2.45, 2.75) is 13.0 Å². The third kappa shape index (κ3) is 4.53. The van der Waals surface area contributed by atoms with Gasteiger partial charge in [0.05, 0.1) is 12.6 Å². The van der Waals surface area contributed by atoms with Crippen molar-refractivity contribution < 1.29 is 9.59 Å². The summed E-state index contributed by atoms with van der Waals surface area (Å²) >= 11 is 1.75. The number of thioether (sulfide) groups is 1. The molecule has 1 aliphatic rings. The summed E-state index contributed by atoms with van der Waals surface area (Å²) in [5, 5.41) is 8.34. The van der Waals surface area contributed by atoms with Gasteiger partial charge < -0.3 is 16.0 Å². The summed E-state index contributed by atoms with van der Waals surface area (Å²) in [5.74, 6) is 1.59. The first-order chi connectivity index (χ1) is 7.24. The zero-order valence-corrected chi connectivity index (χ0v) is 9.65. The fourth-order valence-electron chi connectivity index (χ4n) is 1.28. The van der Waals surface area contributed by atoms with Crippen LogP contribution in [0.25, 0.3) is 0 Å². The van der Waals surface area contributed by atoms with Crippen molar-refractivity contribution in [3.05, 3.63) is 0 Å². The van der Waals surface area contributed by atoms with Gasteiger partial charge in [0.1, 0.15) is 0 Å². The molecule has 0 bridgehead atoms. The quantitative estimate of drug-likeness (QED) is 0.577. The summed E-state index contributed by atoms with van der Waals surface area (Å²) in [6.45, 7) is 3.35. The number of hydrogen-bond acceptors (Lipinski definition) is 4. The van der Waals surface area contributed by atoms with Gasteiger partial charge >= 0.3 is 0 Å². The number of carbonyl (C=O) groups excluding carboxylic acids is 2. The molecule has 2 amide bonds. The van der Waals surface area contributed by atoms with Crippen molar-refractivity contribution in [3.8, 4) is 0 Å². The summed E-state index contributed by atoms with van der Waals surface area (Å²) in [6, 6.07) is -0.154. The fraction of sp³-hybridized carbons (Fsp3) is 0.778. The van der Waals surface area contributed by atoms with Crippen LogP contribution in [0.3, 0.4) is 0 Å². The molecule has 5 nitrogen and oxygen atoms in total. The molecule has 1 fully saturated rings. The first-order valence-corrected chi connectivity index (χ1v) is 6.25. The van der Waals surface area contributed by atoms with Crippen LogP contribution in [-0.2, 0) is 9.59 Å². The summed E-state index contributed by atoms with van der Waals surface area (Å²) in [6.07, 6.45) is 0. The van der Waals surface area contributed by atoms with E-state index in [0.29, 0.717) is 6.54 Å². The van der Waals surface area contributed by atoms with Gasteiger partial charge in [-0.25, -0.2) is 0 Å². The van der Waals surface area contributed by atoms with Gasteiger partial charge in [0.25, 0.3) is 0 Å². The molecule has 0 radical (unpaired) electrons. The van der Waals surface area contributed by atoms with Gasteiger partial charge in [-0.1, -0.05) is 0 Å². The summed E-state index contributed by atoms with van der Waals surface area (Å²) < 4.78 is 0. The number of rotatable bonds is 4. The van der Waals surface area contributed by atoms with Crippen molar-refractivity contribution >= 4 is 23.6 Å². The molecular weight excluding hydrogens is 214 g/mol. The maximum absolute atomic E-state index is 11.5. The van der Waals surface area contributed by atoms with Gasteiger partial charge in [-0.2, -0.15) is 11.8 Å². The Morgan fingerprint density at radius 3 is 2.87 bits per heavy atom. The van der Waals surface area contributed by atoms with Crippen LogP contribution in [0.15, 0.2) is 0 Å². The topological polar surface area (TPSA) is 70.2 Å². The lowest BCUT2D eigenvalue weighted by molar-refractivity contribution is -0.126. The molecule has 0 aliphatic carbocycles. The largest absolute Gasteiger partial charge is 0.355 e. The normalized spacial score (nSPS) is 20.7. The van der Waals surface area contributed by atoms with Gasteiger partial charge in [-0.3, -0.25) is 9.59 Å². The standard InChI is InChI=1S/C9H17N3O2S/c1-2-10-8(13)5-12-9(14)7-6-15-4-3-11-7/h7,11H,2-6H2,1H3,(H,10,13)(H,12,14). The summed E-state index contributed by atoms with van der Waals surface area (Å²) in [5.41, 5.74) is 0. The fourth-order valence-corrected chi connectivity index (χ4v) is 2.22. The highest BCUT2D eigenvalue weighted by Crippen LogP contribution is 2.07. The first-order valence-electron chi connectivity index (χ1n) is 5.09. The lowest BCUT2D eigenvalue weighted by Gasteiger charge is -2.21. The Morgan fingerprint density at radius 1 is 1.47 bits per heavy atom. The van der Waals surface area contributed by atoms with Crippen molar-refractivity contribution in [2.75, 3.05) is 31.1 Å². The SMILES string of the molecule is CCNC(=O)CNC(=O)C1CSCCN1. The zero-order chi connectivity index (χ0) is 11.1. The van der Waals surface area contributed by atoms with E-state index >= 15 is 0 Å². The van der Waals surface area contributed by atoms with E-state index in [1.807, 2.05) is 6.92 Å². The average Bonchev–Trinajstić information content (AvgIpc) is 2.27. The Morgan fingerprint density at radius 2 is 2.27 bits per heavy atom. The van der Waals surface area contributed by atoms with Crippen molar-refractivity contribution in [2.24, 2.45) is 0 Å². The number of carbonyl (C=O) groups is 2. The van der Waals surface area contributed by atoms with Crippen LogP contribution >= 0.6 is 11.8 Å². The van der Waals surface area contributed by atoms with E-state index in [1.54, 1.807) is 11.8 Å².